The summed E-state index contributed by atoms with van der Waals surface area (Å²) in [6.07, 6.45) is 0. The van der Waals surface area contributed by atoms with Gasteiger partial charge in [0.15, 0.2) is 21.7 Å². The minimum atomic E-state index is -0.106. The number of hydrogen-bond acceptors (Lipinski definition) is 4. The Bertz CT molecular complexity index is 3470. The van der Waals surface area contributed by atoms with Crippen LogP contribution in [0.15, 0.2) is 128 Å². The highest BCUT2D eigenvalue weighted by Gasteiger charge is 2.24. The Kier molecular flexibility index (Phi) is 3.95. The minimum absolute atomic E-state index is 0.106. The lowest BCUT2D eigenvalue weighted by Gasteiger charge is -2.22. The molecule has 13 rings (SSSR count). The number of para-hydroxylation sites is 2. The molecule has 6 nitrogen and oxygen atoms in total. The van der Waals surface area contributed by atoms with E-state index in [9.17, 15) is 19.2 Å². The summed E-state index contributed by atoms with van der Waals surface area (Å²) in [5.74, 6) is 0. The highest BCUT2D eigenvalue weighted by molar-refractivity contribution is 6.42. The van der Waals surface area contributed by atoms with Crippen LogP contribution in [-0.4, -0.2) is 8.80 Å². The van der Waals surface area contributed by atoms with Crippen molar-refractivity contribution in [3.8, 4) is 0 Å². The monoisotopic (exact) mass is 638 g/mol. The molecule has 0 aliphatic carbocycles. The Morgan fingerprint density at radius 2 is 0.520 bits per heavy atom. The highest BCUT2D eigenvalue weighted by Crippen LogP contribution is 2.48. The van der Waals surface area contributed by atoms with Gasteiger partial charge in [-0.25, -0.2) is 0 Å². The summed E-state index contributed by atoms with van der Waals surface area (Å²) in [6.45, 7) is 0. The Morgan fingerprint density at radius 1 is 0.280 bits per heavy atom. The van der Waals surface area contributed by atoms with Gasteiger partial charge in [0.05, 0.1) is 33.1 Å². The minimum Gasteiger partial charge on any atom is -0.307 e. The molecule has 0 saturated carbocycles. The van der Waals surface area contributed by atoms with Gasteiger partial charge in [0.1, 0.15) is 0 Å². The van der Waals surface area contributed by atoms with Gasteiger partial charge in [-0.1, -0.05) is 60.7 Å². The number of hydrogen-bond donors (Lipinski definition) is 0. The summed E-state index contributed by atoms with van der Waals surface area (Å²) in [5, 5.41) is 14.4. The van der Waals surface area contributed by atoms with Crippen molar-refractivity contribution in [2.24, 2.45) is 0 Å². The molecule has 0 amide bonds. The number of rotatable bonds is 0. The average Bonchev–Trinajstić information content (AvgIpc) is 3.14. The quantitative estimate of drug-likeness (QED) is 0.124. The molecule has 50 heavy (non-hydrogen) atoms. The van der Waals surface area contributed by atoms with Gasteiger partial charge in [-0.2, -0.15) is 0 Å². The van der Waals surface area contributed by atoms with Crippen LogP contribution in [0.2, 0.25) is 0 Å². The molecule has 0 fully saturated rings. The Labute approximate surface area is 277 Å². The molecule has 6 heterocycles. The summed E-state index contributed by atoms with van der Waals surface area (Å²) in [7, 11) is 0. The maximum atomic E-state index is 13.5. The zero-order valence-corrected chi connectivity index (χ0v) is 25.9. The SMILES string of the molecule is O=c1cc2c3ccc4c5ccc6c7c(ccc(c8ccc(c3c48)c3cc(=O)c4cccc1c4n23)c57)c1cc(=O)c2cccc3c(=O)cc6n1c32. The van der Waals surface area contributed by atoms with Crippen molar-refractivity contribution in [1.29, 1.82) is 0 Å². The van der Waals surface area contributed by atoms with Crippen molar-refractivity contribution >= 4 is 119 Å². The predicted molar refractivity (Wildman–Crippen MR) is 204 cm³/mol. The molecule has 0 N–H and O–H groups in total. The maximum Gasteiger partial charge on any atom is 0.190 e. The van der Waals surface area contributed by atoms with Gasteiger partial charge in [0.2, 0.25) is 0 Å². The first-order valence-corrected chi connectivity index (χ1v) is 16.6. The first kappa shape index (κ1) is 25.1. The molecule has 0 aliphatic heterocycles. The third kappa shape index (κ3) is 2.54. The molecule has 13 aromatic rings. The van der Waals surface area contributed by atoms with Gasteiger partial charge in [0, 0.05) is 78.1 Å². The number of aromatic nitrogens is 2. The van der Waals surface area contributed by atoms with Crippen LogP contribution in [0.5, 0.6) is 0 Å². The predicted octanol–water partition coefficient (Wildman–Crippen LogP) is 8.35. The fourth-order valence-electron chi connectivity index (χ4n) is 9.71. The van der Waals surface area contributed by atoms with Crippen molar-refractivity contribution in [3.63, 3.8) is 0 Å². The Balaban J connectivity index is 1.29. The molecular formula is C44H18N2O4. The molecule has 6 aromatic heterocycles. The van der Waals surface area contributed by atoms with Crippen LogP contribution in [0.3, 0.4) is 0 Å². The molecule has 6 heteroatoms. The van der Waals surface area contributed by atoms with Crippen molar-refractivity contribution < 1.29 is 0 Å². The summed E-state index contributed by atoms with van der Waals surface area (Å²) in [6, 6.07) is 34.6. The smallest absolute Gasteiger partial charge is 0.190 e. The van der Waals surface area contributed by atoms with Crippen LogP contribution in [0.4, 0.5) is 0 Å². The fraction of sp³-hybridized carbons (Fsp3) is 0. The lowest BCUT2D eigenvalue weighted by molar-refractivity contribution is 1.30. The van der Waals surface area contributed by atoms with Gasteiger partial charge in [-0.05, 0) is 56.6 Å². The van der Waals surface area contributed by atoms with Crippen LogP contribution in [0.1, 0.15) is 0 Å². The summed E-state index contributed by atoms with van der Waals surface area (Å²) < 4.78 is 4.17. The van der Waals surface area contributed by atoms with E-state index < -0.39 is 0 Å². The van der Waals surface area contributed by atoms with Crippen LogP contribution < -0.4 is 21.7 Å². The van der Waals surface area contributed by atoms with Crippen molar-refractivity contribution in [2.45, 2.75) is 0 Å². The third-order valence-electron chi connectivity index (χ3n) is 11.6. The Morgan fingerprint density at radius 3 is 0.800 bits per heavy atom. The molecule has 0 bridgehead atoms. The van der Waals surface area contributed by atoms with Crippen LogP contribution in [-0.2, 0) is 0 Å². The second kappa shape index (κ2) is 7.86. The van der Waals surface area contributed by atoms with Gasteiger partial charge in [-0.3, -0.25) is 19.2 Å². The molecule has 0 saturated heterocycles. The number of fused-ring (bicyclic) bond motifs is 6. The van der Waals surface area contributed by atoms with E-state index in [1.54, 1.807) is 60.7 Å². The van der Waals surface area contributed by atoms with E-state index in [4.69, 9.17) is 0 Å². The van der Waals surface area contributed by atoms with Crippen LogP contribution in [0, 0.1) is 0 Å². The van der Waals surface area contributed by atoms with Crippen LogP contribution >= 0.6 is 0 Å². The molecule has 0 spiro atoms. The molecular weight excluding hydrogens is 620 g/mol. The van der Waals surface area contributed by atoms with E-state index in [2.05, 4.69) is 57.3 Å². The molecule has 228 valence electrons. The lowest BCUT2D eigenvalue weighted by Crippen LogP contribution is -2.13. The number of nitrogens with zero attached hydrogens (tertiary/aromatic N) is 2. The zero-order valence-electron chi connectivity index (χ0n) is 25.9. The molecule has 0 atom stereocenters. The lowest BCUT2D eigenvalue weighted by atomic mass is 9.85. The molecule has 0 aliphatic rings. The standard InChI is InChI=1S/C44H18N2O4/c47-35-15-31-23-11-7-19-21-9-13-25-33-17-37(49)29-5-2-6-30-38(50)18-34(46(33)44(29)30)26-14-10-22(40(21)42(25)26)20-8-12-24(41(23)39(19)20)32-16-36(48)28-4-1-3-27(35)43(28)45(31)32/h1-18H. The second-order valence-corrected chi connectivity index (χ2v) is 13.8. The summed E-state index contributed by atoms with van der Waals surface area (Å²) in [4.78, 5) is 54.1. The van der Waals surface area contributed by atoms with E-state index in [0.717, 1.165) is 86.7 Å². The topological polar surface area (TPSA) is 77.1 Å². The fourth-order valence-corrected chi connectivity index (χ4v) is 9.71. The van der Waals surface area contributed by atoms with E-state index in [-0.39, 0.29) is 21.7 Å². The molecule has 7 aromatic carbocycles. The second-order valence-electron chi connectivity index (χ2n) is 13.8. The van der Waals surface area contributed by atoms with E-state index in [0.29, 0.717) is 32.6 Å². The summed E-state index contributed by atoms with van der Waals surface area (Å²) >= 11 is 0. The van der Waals surface area contributed by atoms with Crippen molar-refractivity contribution in [1.82, 2.24) is 8.80 Å². The van der Waals surface area contributed by atoms with Crippen molar-refractivity contribution in [3.05, 3.63) is 150 Å². The molecule has 0 radical (unpaired) electrons. The zero-order chi connectivity index (χ0) is 32.9. The highest BCUT2D eigenvalue weighted by atomic mass is 16.1. The van der Waals surface area contributed by atoms with Crippen LogP contribution in [0.25, 0.3) is 119 Å². The van der Waals surface area contributed by atoms with Gasteiger partial charge >= 0.3 is 0 Å². The Hall–Kier alpha value is -6.92. The van der Waals surface area contributed by atoms with Crippen molar-refractivity contribution in [2.75, 3.05) is 0 Å². The average molecular weight is 639 g/mol. The van der Waals surface area contributed by atoms with E-state index in [1.165, 1.54) is 0 Å². The normalized spacial score (nSPS) is 13.1. The first-order chi connectivity index (χ1) is 24.5. The number of benzene rings is 7. The maximum absolute atomic E-state index is 13.5. The van der Waals surface area contributed by atoms with Gasteiger partial charge in [-0.15, -0.1) is 0 Å². The third-order valence-corrected chi connectivity index (χ3v) is 11.6. The molecule has 0 unspecified atom stereocenters. The summed E-state index contributed by atoms with van der Waals surface area (Å²) in [5.41, 5.74) is 4.03. The van der Waals surface area contributed by atoms with Gasteiger partial charge < -0.3 is 8.80 Å². The largest absolute Gasteiger partial charge is 0.307 e. The first-order valence-electron chi connectivity index (χ1n) is 16.6. The van der Waals surface area contributed by atoms with E-state index >= 15 is 0 Å². The van der Waals surface area contributed by atoms with E-state index in [1.807, 2.05) is 0 Å². The number of pyridine rings is 6. The van der Waals surface area contributed by atoms with Gasteiger partial charge in [0.25, 0.3) is 0 Å².